The fourth-order valence-corrected chi connectivity index (χ4v) is 3.79. The van der Waals surface area contributed by atoms with Gasteiger partial charge < -0.3 is 16.2 Å². The maximum absolute atomic E-state index is 11.2. The maximum atomic E-state index is 11.2. The zero-order chi connectivity index (χ0) is 24.9. The highest BCUT2D eigenvalue weighted by Gasteiger charge is 2.23. The van der Waals surface area contributed by atoms with Gasteiger partial charge in [-0.15, -0.1) is 0 Å². The number of nitrogen functional groups attached to an aromatic ring is 1. The SMILES string of the molecule is Nc1ccc(S(=O)(=O)O)c([N+](=O)[O-])c1.O=C(O)c1ccccc1Nc1cccc2ccccc12. The van der Waals surface area contributed by atoms with E-state index in [0.29, 0.717) is 5.69 Å². The van der Waals surface area contributed by atoms with E-state index >= 15 is 0 Å². The highest BCUT2D eigenvalue weighted by Crippen LogP contribution is 2.28. The largest absolute Gasteiger partial charge is 0.478 e. The highest BCUT2D eigenvalue weighted by molar-refractivity contribution is 7.86. The number of carboxylic acids is 1. The van der Waals surface area contributed by atoms with E-state index in [0.717, 1.165) is 34.7 Å². The van der Waals surface area contributed by atoms with Crippen LogP contribution in [-0.2, 0) is 10.1 Å². The molecule has 0 saturated heterocycles. The molecule has 0 saturated carbocycles. The van der Waals surface area contributed by atoms with Gasteiger partial charge in [0.2, 0.25) is 0 Å². The third-order valence-electron chi connectivity index (χ3n) is 4.67. The van der Waals surface area contributed by atoms with Gasteiger partial charge in [-0.2, -0.15) is 8.42 Å². The van der Waals surface area contributed by atoms with E-state index in [1.165, 1.54) is 0 Å². The number of rotatable bonds is 5. The van der Waals surface area contributed by atoms with Gasteiger partial charge in [0, 0.05) is 22.8 Å². The molecule has 0 atom stereocenters. The molecule has 11 heteroatoms. The first-order valence-corrected chi connectivity index (χ1v) is 11.1. The Morgan fingerprint density at radius 3 is 2.21 bits per heavy atom. The van der Waals surface area contributed by atoms with E-state index in [1.54, 1.807) is 18.2 Å². The molecule has 4 aromatic carbocycles. The number of fused-ring (bicyclic) bond motifs is 1. The molecule has 4 aromatic rings. The van der Waals surface area contributed by atoms with Crippen LogP contribution in [0.3, 0.4) is 0 Å². The summed E-state index contributed by atoms with van der Waals surface area (Å²) in [6, 6.07) is 23.7. The monoisotopic (exact) mass is 481 g/mol. The van der Waals surface area contributed by atoms with Crippen LogP contribution >= 0.6 is 0 Å². The third-order valence-corrected chi connectivity index (χ3v) is 5.58. The topological polar surface area (TPSA) is 173 Å². The van der Waals surface area contributed by atoms with Crippen molar-refractivity contribution in [3.05, 3.63) is 101 Å². The van der Waals surface area contributed by atoms with Crippen molar-refractivity contribution in [2.45, 2.75) is 4.90 Å². The summed E-state index contributed by atoms with van der Waals surface area (Å²) in [5.74, 6) is -0.937. The number of para-hydroxylation sites is 1. The molecule has 0 spiro atoms. The Balaban J connectivity index is 0.000000204. The van der Waals surface area contributed by atoms with Gasteiger partial charge in [0.1, 0.15) is 0 Å². The van der Waals surface area contributed by atoms with Gasteiger partial charge in [-0.25, -0.2) is 4.79 Å². The van der Waals surface area contributed by atoms with Crippen LogP contribution in [0.4, 0.5) is 22.7 Å². The van der Waals surface area contributed by atoms with Crippen molar-refractivity contribution in [3.8, 4) is 0 Å². The number of aromatic carboxylic acids is 1. The van der Waals surface area contributed by atoms with Crippen molar-refractivity contribution >= 4 is 49.6 Å². The quantitative estimate of drug-likeness (QED) is 0.136. The molecular weight excluding hydrogens is 462 g/mol. The fourth-order valence-electron chi connectivity index (χ4n) is 3.15. The lowest BCUT2D eigenvalue weighted by atomic mass is 10.1. The summed E-state index contributed by atoms with van der Waals surface area (Å²) >= 11 is 0. The zero-order valence-electron chi connectivity index (χ0n) is 17.5. The van der Waals surface area contributed by atoms with E-state index < -0.39 is 31.6 Å². The predicted molar refractivity (Wildman–Crippen MR) is 128 cm³/mol. The molecule has 5 N–H and O–H groups in total. The fraction of sp³-hybridized carbons (Fsp3) is 0. The molecule has 0 aliphatic carbocycles. The van der Waals surface area contributed by atoms with Crippen LogP contribution in [0.1, 0.15) is 10.4 Å². The molecule has 0 amide bonds. The van der Waals surface area contributed by atoms with Gasteiger partial charge in [-0.05, 0) is 35.7 Å². The number of nitro groups is 1. The molecule has 0 heterocycles. The number of nitrogens with one attached hydrogen (secondary N) is 1. The van der Waals surface area contributed by atoms with Crippen molar-refractivity contribution in [2.75, 3.05) is 11.1 Å². The maximum Gasteiger partial charge on any atom is 0.337 e. The van der Waals surface area contributed by atoms with Crippen LogP contribution < -0.4 is 11.1 Å². The lowest BCUT2D eigenvalue weighted by Gasteiger charge is -2.11. The van der Waals surface area contributed by atoms with Crippen LogP contribution in [-0.4, -0.2) is 29.0 Å². The normalized spacial score (nSPS) is 10.7. The molecule has 0 radical (unpaired) electrons. The molecule has 174 valence electrons. The summed E-state index contributed by atoms with van der Waals surface area (Å²) in [4.78, 5) is 19.9. The zero-order valence-corrected chi connectivity index (χ0v) is 18.3. The van der Waals surface area contributed by atoms with Gasteiger partial charge in [0.05, 0.1) is 16.2 Å². The van der Waals surface area contributed by atoms with Crippen molar-refractivity contribution in [2.24, 2.45) is 0 Å². The lowest BCUT2D eigenvalue weighted by molar-refractivity contribution is -0.387. The minimum Gasteiger partial charge on any atom is -0.478 e. The third kappa shape index (κ3) is 5.65. The number of hydrogen-bond acceptors (Lipinski definition) is 7. The number of nitro benzene ring substituents is 1. The number of carbonyl (C=O) groups is 1. The summed E-state index contributed by atoms with van der Waals surface area (Å²) in [7, 11) is -4.59. The molecule has 0 bridgehead atoms. The van der Waals surface area contributed by atoms with E-state index in [1.807, 2.05) is 48.5 Å². The first kappa shape index (κ1) is 24.2. The standard InChI is InChI=1S/C17H13NO2.C6H6N2O5S/c19-17(20)14-9-3-4-10-16(14)18-15-11-5-7-12-6-1-2-8-13(12)15;7-4-1-2-6(14(11,12)13)5(3-4)8(9)10/h1-11,18H,(H,19,20);1-3H,7H2,(H,11,12,13). The van der Waals surface area contributed by atoms with Crippen LogP contribution in [0.5, 0.6) is 0 Å². The van der Waals surface area contributed by atoms with Crippen LogP contribution in [0, 0.1) is 10.1 Å². The first-order chi connectivity index (χ1) is 16.1. The number of benzene rings is 4. The molecule has 0 aromatic heterocycles. The summed E-state index contributed by atoms with van der Waals surface area (Å²) in [6.07, 6.45) is 0. The summed E-state index contributed by atoms with van der Waals surface area (Å²) in [5, 5.41) is 25.0. The average Bonchev–Trinajstić information content (AvgIpc) is 2.79. The smallest absolute Gasteiger partial charge is 0.337 e. The average molecular weight is 481 g/mol. The summed E-state index contributed by atoms with van der Waals surface area (Å²) < 4.78 is 30.0. The molecule has 0 aliphatic heterocycles. The number of nitrogens with zero attached hydrogens (tertiary/aromatic N) is 1. The van der Waals surface area contributed by atoms with Gasteiger partial charge >= 0.3 is 16.1 Å². The summed E-state index contributed by atoms with van der Waals surface area (Å²) in [5.41, 5.74) is 6.29. The molecule has 4 rings (SSSR count). The van der Waals surface area contributed by atoms with Crippen molar-refractivity contribution in [1.29, 1.82) is 0 Å². The Hall–Kier alpha value is -4.48. The first-order valence-electron chi connectivity index (χ1n) is 9.66. The second kappa shape index (κ2) is 9.98. The van der Waals surface area contributed by atoms with E-state index in [9.17, 15) is 28.4 Å². The second-order valence-corrected chi connectivity index (χ2v) is 8.35. The van der Waals surface area contributed by atoms with Crippen LogP contribution in [0.25, 0.3) is 10.8 Å². The molecule has 10 nitrogen and oxygen atoms in total. The molecule has 34 heavy (non-hydrogen) atoms. The van der Waals surface area contributed by atoms with E-state index in [4.69, 9.17) is 10.3 Å². The number of carboxylic acid groups (broad SMARTS) is 1. The second-order valence-electron chi connectivity index (χ2n) is 6.96. The van der Waals surface area contributed by atoms with Crippen molar-refractivity contribution in [1.82, 2.24) is 0 Å². The van der Waals surface area contributed by atoms with Crippen molar-refractivity contribution in [3.63, 3.8) is 0 Å². The minimum atomic E-state index is -4.59. The highest BCUT2D eigenvalue weighted by atomic mass is 32.2. The van der Waals surface area contributed by atoms with Gasteiger partial charge in [0.25, 0.3) is 5.69 Å². The Bertz CT molecular complexity index is 1480. The molecule has 0 fully saturated rings. The van der Waals surface area contributed by atoms with E-state index in [-0.39, 0.29) is 11.3 Å². The van der Waals surface area contributed by atoms with E-state index in [2.05, 4.69) is 5.32 Å². The molecule has 0 aliphatic rings. The van der Waals surface area contributed by atoms with Gasteiger partial charge in [0.15, 0.2) is 4.90 Å². The van der Waals surface area contributed by atoms with Gasteiger partial charge in [-0.1, -0.05) is 48.5 Å². The Morgan fingerprint density at radius 2 is 1.53 bits per heavy atom. The lowest BCUT2D eigenvalue weighted by Crippen LogP contribution is -2.03. The Kier molecular flexibility index (Phi) is 7.09. The number of nitrogens with two attached hydrogens (primary N) is 1. The van der Waals surface area contributed by atoms with Crippen LogP contribution in [0.15, 0.2) is 89.8 Å². The number of hydrogen-bond donors (Lipinski definition) is 4. The molecule has 0 unspecified atom stereocenters. The number of anilines is 3. The minimum absolute atomic E-state index is 0.0455. The Labute approximate surface area is 194 Å². The molecular formula is C23H19N3O7S. The summed E-state index contributed by atoms with van der Waals surface area (Å²) in [6.45, 7) is 0. The van der Waals surface area contributed by atoms with Crippen LogP contribution in [0.2, 0.25) is 0 Å². The van der Waals surface area contributed by atoms with Crippen molar-refractivity contribution < 1.29 is 27.8 Å². The Morgan fingerprint density at radius 1 is 0.912 bits per heavy atom. The van der Waals surface area contributed by atoms with Gasteiger partial charge in [-0.3, -0.25) is 14.7 Å². The predicted octanol–water partition coefficient (Wildman–Crippen LogP) is 4.71.